The quantitative estimate of drug-likeness (QED) is 0.530. The first-order valence-corrected chi connectivity index (χ1v) is 5.80. The Bertz CT molecular complexity index is 661. The Hall–Kier alpha value is -1.54. The molecule has 16 heavy (non-hydrogen) atoms. The second kappa shape index (κ2) is 3.80. The van der Waals surface area contributed by atoms with Gasteiger partial charge in [0, 0.05) is 4.90 Å². The van der Waals surface area contributed by atoms with Crippen LogP contribution in [0.25, 0.3) is 21.5 Å². The smallest absolute Gasteiger partial charge is 0.0818 e. The van der Waals surface area contributed by atoms with Crippen LogP contribution in [0.1, 0.15) is 0 Å². The maximum Gasteiger partial charge on any atom is 0.0818 e. The fourth-order valence-electron chi connectivity index (χ4n) is 2.01. The molecule has 0 saturated carbocycles. The molecule has 0 aliphatic carbocycles. The van der Waals surface area contributed by atoms with Crippen molar-refractivity contribution in [1.82, 2.24) is 0 Å². The maximum atomic E-state index is 12.8. The van der Waals surface area contributed by atoms with E-state index in [-0.39, 0.29) is 0 Å². The zero-order valence-electron chi connectivity index (χ0n) is 8.48. The molecule has 0 radical (unpaired) electrons. The topological polar surface area (TPSA) is 0 Å². The van der Waals surface area contributed by atoms with Crippen LogP contribution in [0.15, 0.2) is 59.5 Å². The summed E-state index contributed by atoms with van der Waals surface area (Å²) in [6.07, 6.45) is 0. The number of hydrogen-bond acceptors (Lipinski definition) is 1. The van der Waals surface area contributed by atoms with Crippen LogP contribution in [0.5, 0.6) is 0 Å². The first kappa shape index (κ1) is 9.67. The Morgan fingerprint density at radius 1 is 0.750 bits per heavy atom. The monoisotopic (exact) mass is 228 g/mol. The highest BCUT2D eigenvalue weighted by Crippen LogP contribution is 2.31. The highest BCUT2D eigenvalue weighted by molar-refractivity contribution is 7.94. The molecule has 3 aromatic rings. The fraction of sp³-hybridized carbons (Fsp3) is 0. The van der Waals surface area contributed by atoms with Crippen molar-refractivity contribution in [2.45, 2.75) is 4.90 Å². The predicted molar refractivity (Wildman–Crippen MR) is 68.4 cm³/mol. The SMILES string of the molecule is FSc1cccc2cc3ccccc3cc12. The number of fused-ring (bicyclic) bond motifs is 2. The highest BCUT2D eigenvalue weighted by atomic mass is 32.2. The Morgan fingerprint density at radius 3 is 2.19 bits per heavy atom. The van der Waals surface area contributed by atoms with Crippen molar-refractivity contribution >= 4 is 33.7 Å². The number of benzene rings is 3. The summed E-state index contributed by atoms with van der Waals surface area (Å²) in [7, 11) is 0. The van der Waals surface area contributed by atoms with Crippen LogP contribution >= 0.6 is 12.1 Å². The van der Waals surface area contributed by atoms with E-state index in [2.05, 4.69) is 18.2 Å². The van der Waals surface area contributed by atoms with Crippen molar-refractivity contribution in [2.24, 2.45) is 0 Å². The van der Waals surface area contributed by atoms with Gasteiger partial charge in [-0.15, -0.1) is 0 Å². The van der Waals surface area contributed by atoms with Crippen molar-refractivity contribution in [3.8, 4) is 0 Å². The van der Waals surface area contributed by atoms with E-state index in [0.717, 1.165) is 16.2 Å². The predicted octanol–water partition coefficient (Wildman–Crippen LogP) is 4.97. The molecule has 0 amide bonds. The molecule has 2 heteroatoms. The fourth-order valence-corrected chi connectivity index (χ4v) is 2.40. The van der Waals surface area contributed by atoms with Gasteiger partial charge in [0.1, 0.15) is 0 Å². The molecule has 0 aliphatic rings. The second-order valence-electron chi connectivity index (χ2n) is 3.75. The minimum Gasteiger partial charge on any atom is -0.160 e. The van der Waals surface area contributed by atoms with Crippen molar-refractivity contribution in [1.29, 1.82) is 0 Å². The van der Waals surface area contributed by atoms with Crippen LogP contribution in [0.4, 0.5) is 3.89 Å². The zero-order valence-corrected chi connectivity index (χ0v) is 9.30. The third-order valence-electron chi connectivity index (χ3n) is 2.79. The molecule has 0 spiro atoms. The third-order valence-corrected chi connectivity index (χ3v) is 3.31. The lowest BCUT2D eigenvalue weighted by Gasteiger charge is -2.04. The van der Waals surface area contributed by atoms with Gasteiger partial charge < -0.3 is 0 Å². The number of hydrogen-bond donors (Lipinski definition) is 0. The average Bonchev–Trinajstić information content (AvgIpc) is 2.35. The van der Waals surface area contributed by atoms with Gasteiger partial charge in [-0.1, -0.05) is 36.4 Å². The van der Waals surface area contributed by atoms with Crippen LogP contribution in [0.3, 0.4) is 0 Å². The van der Waals surface area contributed by atoms with Crippen LogP contribution in [-0.4, -0.2) is 0 Å². The molecule has 0 nitrogen and oxygen atoms in total. The number of rotatable bonds is 1. The molecule has 0 aliphatic heterocycles. The summed E-state index contributed by atoms with van der Waals surface area (Å²) >= 11 is 0.307. The summed E-state index contributed by atoms with van der Waals surface area (Å²) in [4.78, 5) is 0.684. The zero-order chi connectivity index (χ0) is 11.0. The van der Waals surface area contributed by atoms with Crippen LogP contribution in [0.2, 0.25) is 0 Å². The lowest BCUT2D eigenvalue weighted by Crippen LogP contribution is -1.78. The molecule has 0 saturated heterocycles. The molecule has 0 bridgehead atoms. The molecule has 3 rings (SSSR count). The van der Waals surface area contributed by atoms with Crippen LogP contribution in [0, 0.1) is 0 Å². The van der Waals surface area contributed by atoms with Gasteiger partial charge >= 0.3 is 0 Å². The summed E-state index contributed by atoms with van der Waals surface area (Å²) in [6.45, 7) is 0. The van der Waals surface area contributed by atoms with E-state index in [1.807, 2.05) is 36.4 Å². The summed E-state index contributed by atoms with van der Waals surface area (Å²) in [5, 5.41) is 4.41. The van der Waals surface area contributed by atoms with Gasteiger partial charge in [0.2, 0.25) is 0 Å². The van der Waals surface area contributed by atoms with Gasteiger partial charge in [0.05, 0.1) is 12.1 Å². The first-order chi connectivity index (χ1) is 7.88. The van der Waals surface area contributed by atoms with Crippen molar-refractivity contribution in [3.63, 3.8) is 0 Å². The van der Waals surface area contributed by atoms with E-state index in [1.54, 1.807) is 0 Å². The van der Waals surface area contributed by atoms with Gasteiger partial charge in [0.15, 0.2) is 0 Å². The summed E-state index contributed by atoms with van der Waals surface area (Å²) in [6, 6.07) is 18.0. The molecule has 0 fully saturated rings. The van der Waals surface area contributed by atoms with Gasteiger partial charge in [0.25, 0.3) is 0 Å². The Balaban J connectivity index is 2.46. The van der Waals surface area contributed by atoms with Crippen molar-refractivity contribution in [3.05, 3.63) is 54.6 Å². The lowest BCUT2D eigenvalue weighted by molar-refractivity contribution is 0.936. The normalized spacial score (nSPS) is 11.1. The molecule has 0 N–H and O–H groups in total. The van der Waals surface area contributed by atoms with Gasteiger partial charge in [-0.2, -0.15) is 3.89 Å². The van der Waals surface area contributed by atoms with Crippen molar-refractivity contribution in [2.75, 3.05) is 0 Å². The van der Waals surface area contributed by atoms with Gasteiger partial charge in [-0.25, -0.2) is 0 Å². The summed E-state index contributed by atoms with van der Waals surface area (Å²) in [5.41, 5.74) is 0. The van der Waals surface area contributed by atoms with Crippen molar-refractivity contribution < 1.29 is 3.89 Å². The Morgan fingerprint density at radius 2 is 1.44 bits per heavy atom. The van der Waals surface area contributed by atoms with Crippen LogP contribution in [-0.2, 0) is 0 Å². The molecular formula is C14H9FS. The van der Waals surface area contributed by atoms with Crippen LogP contribution < -0.4 is 0 Å². The first-order valence-electron chi connectivity index (χ1n) is 5.08. The third kappa shape index (κ3) is 1.46. The Labute approximate surface area is 97.4 Å². The average molecular weight is 228 g/mol. The Kier molecular flexibility index (Phi) is 2.29. The van der Waals surface area contributed by atoms with E-state index in [1.165, 1.54) is 5.39 Å². The molecule has 0 atom stereocenters. The van der Waals surface area contributed by atoms with Gasteiger partial charge in [-0.3, -0.25) is 0 Å². The largest absolute Gasteiger partial charge is 0.160 e. The molecule has 0 heterocycles. The van der Waals surface area contributed by atoms with E-state index in [0.29, 0.717) is 17.0 Å². The standard InChI is InChI=1S/C14H9FS/c15-16-14-7-3-6-12-8-10-4-1-2-5-11(10)9-13(12)14/h1-9H. The van der Waals surface area contributed by atoms with E-state index in [4.69, 9.17) is 0 Å². The maximum absolute atomic E-state index is 12.8. The summed E-state index contributed by atoms with van der Waals surface area (Å²) in [5.74, 6) is 0. The molecule has 0 aromatic heterocycles. The van der Waals surface area contributed by atoms with E-state index in [9.17, 15) is 3.89 Å². The van der Waals surface area contributed by atoms with E-state index >= 15 is 0 Å². The molecule has 0 unspecified atom stereocenters. The highest BCUT2D eigenvalue weighted by Gasteiger charge is 2.03. The summed E-state index contributed by atoms with van der Waals surface area (Å²) < 4.78 is 12.8. The molecule has 78 valence electrons. The van der Waals surface area contributed by atoms with Gasteiger partial charge in [-0.05, 0) is 39.7 Å². The molecule has 3 aromatic carbocycles. The lowest BCUT2D eigenvalue weighted by atomic mass is 10.0. The molecular weight excluding hydrogens is 219 g/mol. The minimum atomic E-state index is 0.307. The number of halogens is 1. The van der Waals surface area contributed by atoms with E-state index < -0.39 is 0 Å². The minimum absolute atomic E-state index is 0.307. The second-order valence-corrected chi connectivity index (χ2v) is 4.35.